The normalized spacial score (nSPS) is 24.1. The lowest BCUT2D eigenvalue weighted by molar-refractivity contribution is -0.0107. The molecule has 1 aromatic rings. The number of likely N-dealkylation sites (tertiary alicyclic amines) is 1. The Morgan fingerprint density at radius 1 is 1.33 bits per heavy atom. The highest BCUT2D eigenvalue weighted by molar-refractivity contribution is 9.11. The second kappa shape index (κ2) is 5.31. The number of benzene rings is 1. The molecular weight excluding hydrogens is 362 g/mol. The minimum absolute atomic E-state index is 0.0306. The Bertz CT molecular complexity index is 454. The van der Waals surface area contributed by atoms with Crippen molar-refractivity contribution in [1.29, 1.82) is 0 Å². The predicted octanol–water partition coefficient (Wildman–Crippen LogP) is 3.20. The lowest BCUT2D eigenvalue weighted by Crippen LogP contribution is -2.48. The monoisotopic (exact) mass is 375 g/mol. The van der Waals surface area contributed by atoms with Crippen molar-refractivity contribution in [3.8, 4) is 0 Å². The van der Waals surface area contributed by atoms with Crippen molar-refractivity contribution in [3.05, 3.63) is 32.7 Å². The summed E-state index contributed by atoms with van der Waals surface area (Å²) in [5.74, 6) is -0.0306. The number of rotatable bonds is 1. The van der Waals surface area contributed by atoms with Crippen LogP contribution in [0.4, 0.5) is 0 Å². The highest BCUT2D eigenvalue weighted by atomic mass is 79.9. The van der Waals surface area contributed by atoms with Crippen LogP contribution in [0.3, 0.4) is 0 Å². The van der Waals surface area contributed by atoms with Gasteiger partial charge >= 0.3 is 0 Å². The molecule has 1 fully saturated rings. The smallest absolute Gasteiger partial charge is 0.254 e. The molecule has 18 heavy (non-hydrogen) atoms. The molecule has 0 aromatic heterocycles. The first kappa shape index (κ1) is 14.0. The van der Waals surface area contributed by atoms with Crippen molar-refractivity contribution in [2.45, 2.75) is 25.4 Å². The van der Waals surface area contributed by atoms with Gasteiger partial charge in [0.05, 0.1) is 5.60 Å². The van der Waals surface area contributed by atoms with Gasteiger partial charge in [0.2, 0.25) is 0 Å². The van der Waals surface area contributed by atoms with Crippen LogP contribution >= 0.6 is 31.9 Å². The number of hydrogen-bond donors (Lipinski definition) is 1. The number of nitrogens with zero attached hydrogens (tertiary/aromatic N) is 1. The van der Waals surface area contributed by atoms with Crippen LogP contribution in [-0.2, 0) is 0 Å². The molecule has 0 aliphatic carbocycles. The molecule has 5 heteroatoms. The van der Waals surface area contributed by atoms with Crippen LogP contribution in [0.5, 0.6) is 0 Å². The first-order valence-corrected chi connectivity index (χ1v) is 7.44. The average Bonchev–Trinajstić information content (AvgIpc) is 2.25. The molecule has 1 aromatic carbocycles. The lowest BCUT2D eigenvalue weighted by Gasteiger charge is -2.36. The van der Waals surface area contributed by atoms with Crippen LogP contribution in [0.1, 0.15) is 30.1 Å². The van der Waals surface area contributed by atoms with Crippen molar-refractivity contribution in [1.82, 2.24) is 4.90 Å². The van der Waals surface area contributed by atoms with Gasteiger partial charge in [-0.1, -0.05) is 31.9 Å². The Morgan fingerprint density at radius 3 is 2.50 bits per heavy atom. The number of amides is 1. The van der Waals surface area contributed by atoms with Gasteiger partial charge in [-0.3, -0.25) is 4.79 Å². The van der Waals surface area contributed by atoms with Gasteiger partial charge in [0.1, 0.15) is 0 Å². The van der Waals surface area contributed by atoms with E-state index in [2.05, 4.69) is 31.9 Å². The third kappa shape index (κ3) is 3.33. The fourth-order valence-electron chi connectivity index (χ4n) is 2.25. The van der Waals surface area contributed by atoms with Crippen LogP contribution in [0.15, 0.2) is 27.1 Å². The fraction of sp³-hybridized carbons (Fsp3) is 0.462. The number of aliphatic hydroxyl groups is 1. The molecule has 1 aliphatic rings. The largest absolute Gasteiger partial charge is 0.388 e. The van der Waals surface area contributed by atoms with E-state index in [4.69, 9.17) is 0 Å². The third-order valence-electron chi connectivity index (χ3n) is 3.07. The van der Waals surface area contributed by atoms with E-state index in [9.17, 15) is 9.90 Å². The Balaban J connectivity index is 2.20. The maximum Gasteiger partial charge on any atom is 0.254 e. The quantitative estimate of drug-likeness (QED) is 0.817. The summed E-state index contributed by atoms with van der Waals surface area (Å²) in [5, 5.41) is 10.0. The molecule has 98 valence electrons. The molecule has 0 radical (unpaired) electrons. The van der Waals surface area contributed by atoms with Crippen LogP contribution in [0, 0.1) is 0 Å². The molecule has 0 spiro atoms. The van der Waals surface area contributed by atoms with Gasteiger partial charge in [-0.2, -0.15) is 0 Å². The average molecular weight is 377 g/mol. The SMILES string of the molecule is CC1(O)CCCN(C(=O)c2cc(Br)cc(Br)c2)C1. The summed E-state index contributed by atoms with van der Waals surface area (Å²) < 4.78 is 1.73. The highest BCUT2D eigenvalue weighted by Gasteiger charge is 2.31. The summed E-state index contributed by atoms with van der Waals surface area (Å²) in [7, 11) is 0. The summed E-state index contributed by atoms with van der Waals surface area (Å²) in [6, 6.07) is 5.50. The second-order valence-corrected chi connectivity index (χ2v) is 6.82. The minimum Gasteiger partial charge on any atom is -0.388 e. The van der Waals surface area contributed by atoms with Gasteiger partial charge in [-0.15, -0.1) is 0 Å². The maximum atomic E-state index is 12.4. The summed E-state index contributed by atoms with van der Waals surface area (Å²) in [6.07, 6.45) is 1.59. The molecular formula is C13H15Br2NO2. The molecule has 1 unspecified atom stereocenters. The standard InChI is InChI=1S/C13H15Br2NO2/c1-13(18)3-2-4-16(8-13)12(17)9-5-10(14)7-11(15)6-9/h5-7,18H,2-4,8H2,1H3. The van der Waals surface area contributed by atoms with E-state index in [0.717, 1.165) is 21.8 Å². The number of carbonyl (C=O) groups is 1. The lowest BCUT2D eigenvalue weighted by atomic mass is 9.94. The topological polar surface area (TPSA) is 40.5 Å². The van der Waals surface area contributed by atoms with E-state index in [-0.39, 0.29) is 5.91 Å². The van der Waals surface area contributed by atoms with E-state index in [1.807, 2.05) is 6.07 Å². The first-order chi connectivity index (χ1) is 8.37. The fourth-order valence-corrected chi connectivity index (χ4v) is 3.55. The molecule has 1 N–H and O–H groups in total. The number of β-amino-alcohol motifs (C(OH)–C–C–N with tert-alkyl or cyclic N) is 1. The molecule has 1 heterocycles. The van der Waals surface area contributed by atoms with Gasteiger partial charge in [-0.05, 0) is 38.0 Å². The summed E-state index contributed by atoms with van der Waals surface area (Å²) >= 11 is 6.76. The third-order valence-corrected chi connectivity index (χ3v) is 3.99. The second-order valence-electron chi connectivity index (χ2n) is 4.99. The Kier molecular flexibility index (Phi) is 4.14. The molecule has 2 rings (SSSR count). The molecule has 0 bridgehead atoms. The summed E-state index contributed by atoms with van der Waals surface area (Å²) in [5.41, 5.74) is -0.133. The van der Waals surface area contributed by atoms with Crippen molar-refractivity contribution >= 4 is 37.8 Å². The maximum absolute atomic E-state index is 12.4. The van der Waals surface area contributed by atoms with E-state index < -0.39 is 5.60 Å². The van der Waals surface area contributed by atoms with Crippen molar-refractivity contribution in [3.63, 3.8) is 0 Å². The first-order valence-electron chi connectivity index (χ1n) is 5.85. The van der Waals surface area contributed by atoms with Crippen LogP contribution < -0.4 is 0 Å². The van der Waals surface area contributed by atoms with E-state index in [1.54, 1.807) is 24.0 Å². The van der Waals surface area contributed by atoms with E-state index >= 15 is 0 Å². The summed E-state index contributed by atoms with van der Waals surface area (Å²) in [6.45, 7) is 2.89. The molecule has 3 nitrogen and oxygen atoms in total. The number of carbonyl (C=O) groups excluding carboxylic acids is 1. The van der Waals surface area contributed by atoms with Gasteiger partial charge < -0.3 is 10.0 Å². The Hall–Kier alpha value is -0.390. The molecule has 1 saturated heterocycles. The van der Waals surface area contributed by atoms with Crippen molar-refractivity contribution in [2.75, 3.05) is 13.1 Å². The van der Waals surface area contributed by atoms with Crippen molar-refractivity contribution < 1.29 is 9.90 Å². The van der Waals surface area contributed by atoms with Gasteiger partial charge in [-0.25, -0.2) is 0 Å². The molecule has 0 saturated carbocycles. The van der Waals surface area contributed by atoms with E-state index in [1.165, 1.54) is 0 Å². The van der Waals surface area contributed by atoms with Gasteiger partial charge in [0, 0.05) is 27.6 Å². The highest BCUT2D eigenvalue weighted by Crippen LogP contribution is 2.25. The zero-order chi connectivity index (χ0) is 13.3. The zero-order valence-electron chi connectivity index (χ0n) is 10.1. The number of halogens is 2. The van der Waals surface area contributed by atoms with E-state index in [0.29, 0.717) is 18.7 Å². The molecule has 1 atom stereocenters. The predicted molar refractivity (Wildman–Crippen MR) is 77.6 cm³/mol. The van der Waals surface area contributed by atoms with Gasteiger partial charge in [0.25, 0.3) is 5.91 Å². The zero-order valence-corrected chi connectivity index (χ0v) is 13.3. The van der Waals surface area contributed by atoms with Gasteiger partial charge in [0.15, 0.2) is 0 Å². The molecule has 1 aliphatic heterocycles. The Labute approximate surface area is 123 Å². The summed E-state index contributed by atoms with van der Waals surface area (Å²) in [4.78, 5) is 14.1. The van der Waals surface area contributed by atoms with Crippen LogP contribution in [0.25, 0.3) is 0 Å². The minimum atomic E-state index is -0.767. The molecule has 1 amide bonds. The van der Waals surface area contributed by atoms with Crippen molar-refractivity contribution in [2.24, 2.45) is 0 Å². The number of piperidine rings is 1. The number of hydrogen-bond acceptors (Lipinski definition) is 2. The Morgan fingerprint density at radius 2 is 1.94 bits per heavy atom. The van der Waals surface area contributed by atoms with Crippen LogP contribution in [0.2, 0.25) is 0 Å². The van der Waals surface area contributed by atoms with Crippen LogP contribution in [-0.4, -0.2) is 34.6 Å².